The van der Waals surface area contributed by atoms with Gasteiger partial charge in [-0.2, -0.15) is 0 Å². The Hall–Kier alpha value is -0.650. The minimum atomic E-state index is 0.163. The molecule has 0 amide bonds. The normalized spacial score (nSPS) is 11.1. The number of hydrogen-bond acceptors (Lipinski definition) is 2. The Morgan fingerprint density at radius 2 is 2.42 bits per heavy atom. The molecule has 0 aliphatic carbocycles. The van der Waals surface area contributed by atoms with Gasteiger partial charge in [0.1, 0.15) is 0 Å². The van der Waals surface area contributed by atoms with Crippen molar-refractivity contribution >= 4 is 5.78 Å². The molecule has 0 N–H and O–H groups in total. The van der Waals surface area contributed by atoms with E-state index in [-0.39, 0.29) is 21.2 Å². The van der Waals surface area contributed by atoms with Crippen molar-refractivity contribution in [2.24, 2.45) is 0 Å². The Kier molecular flexibility index (Phi) is 2.25. The molecule has 0 unspecified atom stereocenters. The number of nitrogens with zero attached hydrogens (tertiary/aromatic N) is 3. The van der Waals surface area contributed by atoms with Crippen LogP contribution in [0.2, 0.25) is 0 Å². The zero-order valence-corrected chi connectivity index (χ0v) is 8.89. The second-order valence-corrected chi connectivity index (χ2v) is 5.84. The molecule has 0 radical (unpaired) electrons. The van der Waals surface area contributed by atoms with Crippen molar-refractivity contribution < 1.29 is 21.2 Å². The van der Waals surface area contributed by atoms with Crippen molar-refractivity contribution in [3.05, 3.63) is 28.4 Å². The first-order chi connectivity index (χ1) is 5.90. The SMILES string of the molecule is CC[I-]c1cnc2nccn2c1. The molecule has 0 atom stereocenters. The van der Waals surface area contributed by atoms with E-state index in [1.807, 2.05) is 16.8 Å². The van der Waals surface area contributed by atoms with E-state index in [1.165, 1.54) is 8.00 Å². The van der Waals surface area contributed by atoms with Gasteiger partial charge in [-0.25, -0.2) is 0 Å². The molecule has 3 nitrogen and oxygen atoms in total. The van der Waals surface area contributed by atoms with Gasteiger partial charge in [0.05, 0.1) is 0 Å². The third-order valence-electron chi connectivity index (χ3n) is 1.50. The van der Waals surface area contributed by atoms with Crippen LogP contribution in [0.3, 0.4) is 0 Å². The zero-order chi connectivity index (χ0) is 8.39. The van der Waals surface area contributed by atoms with E-state index in [0.29, 0.717) is 0 Å². The van der Waals surface area contributed by atoms with Crippen molar-refractivity contribution in [2.45, 2.75) is 6.92 Å². The summed E-state index contributed by atoms with van der Waals surface area (Å²) in [6.07, 6.45) is 7.78. The van der Waals surface area contributed by atoms with Crippen LogP contribution < -0.4 is 21.2 Å². The summed E-state index contributed by atoms with van der Waals surface area (Å²) in [5, 5.41) is 0. The monoisotopic (exact) mass is 274 g/mol. The second kappa shape index (κ2) is 3.38. The summed E-state index contributed by atoms with van der Waals surface area (Å²) >= 11 is 0.163. The molecule has 2 aromatic heterocycles. The van der Waals surface area contributed by atoms with Crippen molar-refractivity contribution in [2.75, 3.05) is 4.43 Å². The van der Waals surface area contributed by atoms with E-state index < -0.39 is 0 Å². The van der Waals surface area contributed by atoms with Gasteiger partial charge >= 0.3 is 81.1 Å². The van der Waals surface area contributed by atoms with Crippen LogP contribution in [0, 0.1) is 3.57 Å². The molecule has 64 valence electrons. The second-order valence-electron chi connectivity index (χ2n) is 2.31. The maximum atomic E-state index is 4.24. The van der Waals surface area contributed by atoms with Gasteiger partial charge in [0.2, 0.25) is 0 Å². The van der Waals surface area contributed by atoms with Gasteiger partial charge in [0, 0.05) is 0 Å². The van der Waals surface area contributed by atoms with Gasteiger partial charge in [-0.1, -0.05) is 0 Å². The molecule has 0 fully saturated rings. The Bertz CT molecular complexity index is 382. The van der Waals surface area contributed by atoms with Gasteiger partial charge in [-0.05, 0) is 0 Å². The van der Waals surface area contributed by atoms with Crippen molar-refractivity contribution in [3.8, 4) is 0 Å². The van der Waals surface area contributed by atoms with Crippen molar-refractivity contribution in [1.82, 2.24) is 14.4 Å². The van der Waals surface area contributed by atoms with E-state index in [1.54, 1.807) is 6.20 Å². The van der Waals surface area contributed by atoms with Crippen LogP contribution in [0.25, 0.3) is 5.78 Å². The molecule has 2 heterocycles. The molecule has 0 aromatic carbocycles. The molecule has 4 heteroatoms. The molecule has 12 heavy (non-hydrogen) atoms. The molecule has 0 aliphatic heterocycles. The standard InChI is InChI=1S/C8H9IN3/c1-2-9-7-5-11-8-10-3-4-12(8)6-7/h3-6H,2H2,1H3/q-1. The van der Waals surface area contributed by atoms with Crippen LogP contribution >= 0.6 is 0 Å². The Morgan fingerprint density at radius 3 is 3.25 bits per heavy atom. The minimum absolute atomic E-state index is 0.163. The summed E-state index contributed by atoms with van der Waals surface area (Å²) in [6.45, 7) is 2.21. The molecule has 0 spiro atoms. The fraction of sp³-hybridized carbons (Fsp3) is 0.250. The molecule has 0 saturated carbocycles. The summed E-state index contributed by atoms with van der Waals surface area (Å²) in [5.41, 5.74) is 0. The van der Waals surface area contributed by atoms with Gasteiger partial charge < -0.3 is 0 Å². The van der Waals surface area contributed by atoms with Crippen LogP contribution in [0.5, 0.6) is 0 Å². The Balaban J connectivity index is 2.46. The predicted molar refractivity (Wildman–Crippen MR) is 42.2 cm³/mol. The van der Waals surface area contributed by atoms with Gasteiger partial charge in [-0.3, -0.25) is 0 Å². The number of fused-ring (bicyclic) bond motifs is 1. The predicted octanol–water partition coefficient (Wildman–Crippen LogP) is -1.99. The molecule has 2 aromatic rings. The fourth-order valence-corrected chi connectivity index (χ4v) is 2.73. The van der Waals surface area contributed by atoms with Gasteiger partial charge in [-0.15, -0.1) is 0 Å². The zero-order valence-electron chi connectivity index (χ0n) is 6.74. The summed E-state index contributed by atoms with van der Waals surface area (Å²) in [7, 11) is 0. The van der Waals surface area contributed by atoms with Crippen LogP contribution in [0.4, 0.5) is 0 Å². The van der Waals surface area contributed by atoms with E-state index in [9.17, 15) is 0 Å². The molecule has 0 aliphatic rings. The number of alkyl halides is 1. The Morgan fingerprint density at radius 1 is 1.50 bits per heavy atom. The van der Waals surface area contributed by atoms with E-state index in [4.69, 9.17) is 0 Å². The van der Waals surface area contributed by atoms with Gasteiger partial charge in [0.25, 0.3) is 0 Å². The van der Waals surface area contributed by atoms with E-state index >= 15 is 0 Å². The maximum absolute atomic E-state index is 4.24. The van der Waals surface area contributed by atoms with Crippen LogP contribution in [0.15, 0.2) is 24.8 Å². The van der Waals surface area contributed by atoms with Crippen LogP contribution in [-0.4, -0.2) is 18.8 Å². The molecule has 2 rings (SSSR count). The Labute approximate surface area is 81.1 Å². The number of rotatable bonds is 2. The number of hydrogen-bond donors (Lipinski definition) is 0. The van der Waals surface area contributed by atoms with Crippen LogP contribution in [0.1, 0.15) is 6.92 Å². The van der Waals surface area contributed by atoms with E-state index in [2.05, 4.69) is 23.1 Å². The number of imidazole rings is 1. The quantitative estimate of drug-likeness (QED) is 0.469. The summed E-state index contributed by atoms with van der Waals surface area (Å²) in [4.78, 5) is 8.32. The first-order valence-electron chi connectivity index (χ1n) is 3.78. The third-order valence-corrected chi connectivity index (χ3v) is 3.70. The molecular weight excluding hydrogens is 265 g/mol. The number of aromatic nitrogens is 3. The van der Waals surface area contributed by atoms with Crippen molar-refractivity contribution in [1.29, 1.82) is 0 Å². The first-order valence-corrected chi connectivity index (χ1v) is 6.38. The molecule has 0 saturated heterocycles. The molecular formula is C8H9IN3-. The van der Waals surface area contributed by atoms with E-state index in [0.717, 1.165) is 5.78 Å². The van der Waals surface area contributed by atoms with Gasteiger partial charge in [0.15, 0.2) is 0 Å². The average Bonchev–Trinajstić information content (AvgIpc) is 2.51. The first kappa shape index (κ1) is 7.97. The summed E-state index contributed by atoms with van der Waals surface area (Å²) in [6, 6.07) is 0. The van der Waals surface area contributed by atoms with Crippen molar-refractivity contribution in [3.63, 3.8) is 0 Å². The topological polar surface area (TPSA) is 30.2 Å². The summed E-state index contributed by atoms with van der Waals surface area (Å²) in [5.74, 6) is 0.791. The average molecular weight is 274 g/mol. The summed E-state index contributed by atoms with van der Waals surface area (Å²) < 4.78 is 4.62. The fourth-order valence-electron chi connectivity index (χ4n) is 1.01. The van der Waals surface area contributed by atoms with Crippen LogP contribution in [-0.2, 0) is 0 Å². The molecule has 0 bridgehead atoms. The third kappa shape index (κ3) is 1.43. The number of halogens is 1.